The molecule has 9 atom stereocenters. The predicted molar refractivity (Wildman–Crippen MR) is 182 cm³/mol. The molecule has 3 fully saturated rings. The number of aliphatic imine (C=N–C) groups is 1. The zero-order valence-electron chi connectivity index (χ0n) is 26.8. The number of hydrogen-bond acceptors (Lipinski definition) is 1. The van der Waals surface area contributed by atoms with Crippen LogP contribution in [-0.2, 0) is 0 Å². The van der Waals surface area contributed by atoms with Gasteiger partial charge in [0.1, 0.15) is 0 Å². The molecule has 0 aromatic carbocycles. The van der Waals surface area contributed by atoms with Crippen LogP contribution < -0.4 is 0 Å². The number of nitrogens with zero attached hydrogens (tertiary/aromatic N) is 1. The van der Waals surface area contributed by atoms with Crippen molar-refractivity contribution in [2.75, 3.05) is 6.54 Å². The van der Waals surface area contributed by atoms with Crippen molar-refractivity contribution in [1.29, 1.82) is 0 Å². The second-order valence-corrected chi connectivity index (χ2v) is 16.1. The molecule has 0 aromatic heterocycles. The van der Waals surface area contributed by atoms with E-state index >= 15 is 0 Å². The molecule has 0 amide bonds. The van der Waals surface area contributed by atoms with Crippen LogP contribution >= 0.6 is 0 Å². The maximum absolute atomic E-state index is 4.55. The summed E-state index contributed by atoms with van der Waals surface area (Å²) in [6.45, 7) is 1.07. The Labute approximate surface area is 262 Å². The normalized spacial score (nSPS) is 44.3. The summed E-state index contributed by atoms with van der Waals surface area (Å²) in [7, 11) is 0. The van der Waals surface area contributed by atoms with Crippen molar-refractivity contribution in [3.05, 3.63) is 71.4 Å². The molecule has 8 aliphatic rings. The predicted octanol–water partition coefficient (Wildman–Crippen LogP) is 11.0. The van der Waals surface area contributed by atoms with Crippen molar-refractivity contribution in [2.24, 2.45) is 70.1 Å². The average molecular weight is 576 g/mol. The lowest BCUT2D eigenvalue weighted by Gasteiger charge is -2.52. The van der Waals surface area contributed by atoms with E-state index in [0.29, 0.717) is 5.92 Å². The first-order chi connectivity index (χ1) is 21.3. The highest BCUT2D eigenvalue weighted by Crippen LogP contribution is 2.55. The second-order valence-electron chi connectivity index (χ2n) is 16.1. The van der Waals surface area contributed by atoms with Crippen molar-refractivity contribution in [2.45, 2.75) is 109 Å². The fraction of sp³-hybridized carbons (Fsp3) is 0.690. The molecule has 43 heavy (non-hydrogen) atoms. The zero-order chi connectivity index (χ0) is 28.6. The minimum Gasteiger partial charge on any atom is -0.297 e. The van der Waals surface area contributed by atoms with Gasteiger partial charge in [0.25, 0.3) is 0 Å². The fourth-order valence-corrected chi connectivity index (χ4v) is 11.9. The monoisotopic (exact) mass is 575 g/mol. The van der Waals surface area contributed by atoms with E-state index in [2.05, 4.69) is 65.9 Å². The van der Waals surface area contributed by atoms with Crippen LogP contribution in [0.15, 0.2) is 76.4 Å². The highest BCUT2D eigenvalue weighted by atomic mass is 14.7. The molecule has 9 unspecified atom stereocenters. The number of fused-ring (bicyclic) bond motifs is 2. The minimum absolute atomic E-state index is 0.637. The topological polar surface area (TPSA) is 12.4 Å². The third-order valence-corrected chi connectivity index (χ3v) is 14.2. The first-order valence-corrected chi connectivity index (χ1v) is 18.9. The Bertz CT molecular complexity index is 1210. The zero-order valence-corrected chi connectivity index (χ0v) is 26.8. The van der Waals surface area contributed by atoms with Gasteiger partial charge in [0.05, 0.1) is 0 Å². The van der Waals surface area contributed by atoms with Gasteiger partial charge < -0.3 is 0 Å². The summed E-state index contributed by atoms with van der Waals surface area (Å²) in [5.41, 5.74) is 5.09. The van der Waals surface area contributed by atoms with E-state index in [0.717, 1.165) is 65.7 Å². The molecule has 230 valence electrons. The van der Waals surface area contributed by atoms with Crippen molar-refractivity contribution < 1.29 is 0 Å². The lowest BCUT2D eigenvalue weighted by molar-refractivity contribution is -0.00866. The first-order valence-electron chi connectivity index (χ1n) is 18.9. The third kappa shape index (κ3) is 5.81. The Morgan fingerprint density at radius 2 is 1.40 bits per heavy atom. The summed E-state index contributed by atoms with van der Waals surface area (Å²) < 4.78 is 0. The van der Waals surface area contributed by atoms with Crippen molar-refractivity contribution in [1.82, 2.24) is 0 Å². The molecule has 1 heteroatoms. The van der Waals surface area contributed by atoms with E-state index < -0.39 is 0 Å². The molecular formula is C42H57N. The van der Waals surface area contributed by atoms with Crippen molar-refractivity contribution in [3.63, 3.8) is 0 Å². The molecule has 0 radical (unpaired) electrons. The van der Waals surface area contributed by atoms with E-state index in [1.54, 1.807) is 29.6 Å². The molecule has 7 aliphatic carbocycles. The molecule has 1 nitrogen and oxygen atoms in total. The van der Waals surface area contributed by atoms with Crippen LogP contribution in [0.5, 0.6) is 0 Å². The molecular weight excluding hydrogens is 518 g/mol. The van der Waals surface area contributed by atoms with Gasteiger partial charge in [0.15, 0.2) is 0 Å². The Kier molecular flexibility index (Phi) is 8.54. The van der Waals surface area contributed by atoms with Gasteiger partial charge >= 0.3 is 0 Å². The molecule has 0 bridgehead atoms. The molecule has 0 aromatic rings. The Morgan fingerprint density at radius 1 is 0.581 bits per heavy atom. The Morgan fingerprint density at radius 3 is 2.16 bits per heavy atom. The van der Waals surface area contributed by atoms with Crippen LogP contribution in [0.3, 0.4) is 0 Å². The van der Waals surface area contributed by atoms with Crippen LogP contribution in [0.1, 0.15) is 109 Å². The molecule has 0 N–H and O–H groups in total. The summed E-state index contributed by atoms with van der Waals surface area (Å²) in [5.74, 6) is 9.71. The smallest absolute Gasteiger partial charge is 0.0391 e. The summed E-state index contributed by atoms with van der Waals surface area (Å²) in [6, 6.07) is 0. The van der Waals surface area contributed by atoms with Gasteiger partial charge in [-0.15, -0.1) is 0 Å². The standard InChI is InChI=1S/C42H57N/c1-2-8-37-32(6-1)7-5-11-38(37)33-18-12-29(13-19-33)30-14-20-34(21-15-30)39-24-25-40(42-10-4-3-9-41(39)42)35-22-16-31(17-23-35)36-26-27-43-28-36/h1,5-7,11-12,16,18,22,28,30-32,34-37,39-42H,2-4,8-10,13-15,17,19-21,23-27H2. The number of hydrogen-bond donors (Lipinski definition) is 0. The molecule has 3 saturated carbocycles. The Hall–Kier alpha value is -1.89. The molecule has 0 saturated heterocycles. The third-order valence-electron chi connectivity index (χ3n) is 14.2. The van der Waals surface area contributed by atoms with Gasteiger partial charge in [-0.2, -0.15) is 0 Å². The van der Waals surface area contributed by atoms with Crippen LogP contribution in [-0.4, -0.2) is 12.8 Å². The van der Waals surface area contributed by atoms with E-state index in [1.165, 1.54) is 96.3 Å². The lowest BCUT2D eigenvalue weighted by Crippen LogP contribution is -2.43. The molecule has 1 aliphatic heterocycles. The second kappa shape index (κ2) is 12.8. The van der Waals surface area contributed by atoms with Crippen LogP contribution in [0, 0.1) is 65.1 Å². The summed E-state index contributed by atoms with van der Waals surface area (Å²) in [5, 5.41) is 0. The van der Waals surface area contributed by atoms with Crippen LogP contribution in [0.4, 0.5) is 0 Å². The molecule has 1 heterocycles. The Balaban J connectivity index is 0.879. The van der Waals surface area contributed by atoms with E-state index in [-0.39, 0.29) is 0 Å². The van der Waals surface area contributed by atoms with E-state index in [4.69, 9.17) is 0 Å². The number of rotatable bonds is 5. The quantitative estimate of drug-likeness (QED) is 0.289. The van der Waals surface area contributed by atoms with Gasteiger partial charge in [-0.3, -0.25) is 4.99 Å². The SMILES string of the molecule is C1=CC2C=CCCC2C(C2=CC=C(C3CCC(C4CCC(C5C=CC(C6C=NCC6)CC5)C5CCCCC45)CC3)CC2)=C1. The maximum atomic E-state index is 4.55. The summed E-state index contributed by atoms with van der Waals surface area (Å²) in [4.78, 5) is 4.55. The lowest BCUT2D eigenvalue weighted by atomic mass is 9.53. The van der Waals surface area contributed by atoms with Crippen molar-refractivity contribution in [3.8, 4) is 0 Å². The van der Waals surface area contributed by atoms with Gasteiger partial charge in [-0.05, 0) is 161 Å². The van der Waals surface area contributed by atoms with Gasteiger partial charge in [-0.1, -0.05) is 73.1 Å². The van der Waals surface area contributed by atoms with Gasteiger partial charge in [-0.25, -0.2) is 0 Å². The van der Waals surface area contributed by atoms with Crippen LogP contribution in [0.2, 0.25) is 0 Å². The average Bonchev–Trinajstić information content (AvgIpc) is 3.63. The minimum atomic E-state index is 0.637. The highest BCUT2D eigenvalue weighted by molar-refractivity contribution is 5.63. The summed E-state index contributed by atoms with van der Waals surface area (Å²) >= 11 is 0. The van der Waals surface area contributed by atoms with E-state index in [1.807, 2.05) is 0 Å². The fourth-order valence-electron chi connectivity index (χ4n) is 11.9. The van der Waals surface area contributed by atoms with Crippen LogP contribution in [0.25, 0.3) is 0 Å². The molecule has 0 spiro atoms. The van der Waals surface area contributed by atoms with Gasteiger partial charge in [0.2, 0.25) is 0 Å². The highest BCUT2D eigenvalue weighted by Gasteiger charge is 2.46. The maximum Gasteiger partial charge on any atom is 0.0391 e. The van der Waals surface area contributed by atoms with Gasteiger partial charge in [0, 0.05) is 24.6 Å². The van der Waals surface area contributed by atoms with E-state index in [9.17, 15) is 0 Å². The van der Waals surface area contributed by atoms with Crippen molar-refractivity contribution >= 4 is 6.21 Å². The largest absolute Gasteiger partial charge is 0.297 e. The summed E-state index contributed by atoms with van der Waals surface area (Å²) in [6.07, 6.45) is 49.3. The number of allylic oxidation sites excluding steroid dienone is 12. The first kappa shape index (κ1) is 28.6. The molecule has 8 rings (SSSR count).